The monoisotopic (exact) mass is 463 g/mol. The van der Waals surface area contributed by atoms with E-state index < -0.39 is 12.0 Å². The van der Waals surface area contributed by atoms with Gasteiger partial charge in [-0.05, 0) is 47.3 Å². The molecule has 2 N–H and O–H groups in total. The van der Waals surface area contributed by atoms with Crippen LogP contribution in [0.2, 0.25) is 0 Å². The highest BCUT2D eigenvalue weighted by molar-refractivity contribution is 7.10. The third-order valence-electron chi connectivity index (χ3n) is 5.73. The fraction of sp³-hybridized carbons (Fsp3) is 0.240. The summed E-state index contributed by atoms with van der Waals surface area (Å²) in [5, 5.41) is 7.51. The molecule has 8 heteroatoms. The van der Waals surface area contributed by atoms with E-state index in [1.807, 2.05) is 35.7 Å². The topological polar surface area (TPSA) is 87.7 Å². The molecular weight excluding hydrogens is 438 g/mol. The molecule has 0 spiro atoms. The normalized spacial score (nSPS) is 17.4. The lowest BCUT2D eigenvalue weighted by Crippen LogP contribution is -2.47. The molecule has 7 nitrogen and oxygen atoms in total. The van der Waals surface area contributed by atoms with Gasteiger partial charge >= 0.3 is 0 Å². The van der Waals surface area contributed by atoms with Gasteiger partial charge in [0, 0.05) is 42.4 Å². The van der Waals surface area contributed by atoms with Crippen LogP contribution in [0.15, 0.2) is 66.0 Å². The first-order valence-electron chi connectivity index (χ1n) is 10.6. The maximum absolute atomic E-state index is 13.7. The fourth-order valence-electron chi connectivity index (χ4n) is 4.16. The molecule has 0 aliphatic carbocycles. The summed E-state index contributed by atoms with van der Waals surface area (Å²) in [5.41, 5.74) is 2.31. The molecule has 0 fully saturated rings. The van der Waals surface area contributed by atoms with Gasteiger partial charge in [0.1, 0.15) is 0 Å². The molecule has 2 unspecified atom stereocenters. The molecule has 3 amide bonds. The van der Waals surface area contributed by atoms with Crippen molar-refractivity contribution in [3.8, 4) is 0 Å². The van der Waals surface area contributed by atoms with E-state index in [1.54, 1.807) is 49.4 Å². The van der Waals surface area contributed by atoms with Crippen molar-refractivity contribution in [3.63, 3.8) is 0 Å². The van der Waals surface area contributed by atoms with E-state index >= 15 is 0 Å². The lowest BCUT2D eigenvalue weighted by molar-refractivity contribution is -0.119. The molecule has 2 heterocycles. The number of amides is 3. The van der Waals surface area contributed by atoms with Crippen LogP contribution in [0.25, 0.3) is 0 Å². The van der Waals surface area contributed by atoms with Crippen LogP contribution in [0.4, 0.5) is 5.69 Å². The average molecular weight is 464 g/mol. The predicted molar refractivity (Wildman–Crippen MR) is 128 cm³/mol. The number of anilines is 1. The summed E-state index contributed by atoms with van der Waals surface area (Å²) in [4.78, 5) is 41.6. The smallest absolute Gasteiger partial charge is 0.254 e. The Labute approximate surface area is 196 Å². The van der Waals surface area contributed by atoms with Crippen LogP contribution in [0.3, 0.4) is 0 Å². The number of ether oxygens (including phenoxy) is 1. The van der Waals surface area contributed by atoms with Gasteiger partial charge in [-0.25, -0.2) is 0 Å². The number of nitrogens with zero attached hydrogens (tertiary/aromatic N) is 1. The molecule has 0 saturated carbocycles. The van der Waals surface area contributed by atoms with Gasteiger partial charge in [-0.1, -0.05) is 24.3 Å². The molecule has 0 saturated heterocycles. The van der Waals surface area contributed by atoms with Gasteiger partial charge in [0.15, 0.2) is 0 Å². The number of fused-ring (bicyclic) bond motifs is 1. The Morgan fingerprint density at radius 1 is 1.06 bits per heavy atom. The Kier molecular flexibility index (Phi) is 6.86. The minimum Gasteiger partial charge on any atom is -0.383 e. The molecule has 0 bridgehead atoms. The number of carbonyl (C=O) groups excluding carboxylic acids is 3. The van der Waals surface area contributed by atoms with Crippen molar-refractivity contribution in [1.29, 1.82) is 0 Å². The lowest BCUT2D eigenvalue weighted by Gasteiger charge is -2.41. The summed E-state index contributed by atoms with van der Waals surface area (Å²) >= 11 is 1.52. The Morgan fingerprint density at radius 2 is 1.82 bits per heavy atom. The quantitative estimate of drug-likeness (QED) is 0.560. The third-order valence-corrected chi connectivity index (χ3v) is 6.68. The van der Waals surface area contributed by atoms with Crippen molar-refractivity contribution in [2.75, 3.05) is 32.6 Å². The first kappa shape index (κ1) is 22.7. The van der Waals surface area contributed by atoms with Gasteiger partial charge in [-0.15, -0.1) is 11.3 Å². The van der Waals surface area contributed by atoms with Crippen molar-refractivity contribution in [2.45, 2.75) is 12.0 Å². The molecule has 33 heavy (non-hydrogen) atoms. The molecule has 3 aromatic rings. The van der Waals surface area contributed by atoms with E-state index in [-0.39, 0.29) is 17.7 Å². The highest BCUT2D eigenvalue weighted by Crippen LogP contribution is 2.44. The third kappa shape index (κ3) is 4.53. The summed E-state index contributed by atoms with van der Waals surface area (Å²) < 4.78 is 5.25. The second-order valence-corrected chi connectivity index (χ2v) is 8.64. The van der Waals surface area contributed by atoms with Crippen molar-refractivity contribution in [3.05, 3.63) is 87.6 Å². The summed E-state index contributed by atoms with van der Waals surface area (Å²) in [6.07, 6.45) is 0. The van der Waals surface area contributed by atoms with Crippen LogP contribution < -0.4 is 10.6 Å². The largest absolute Gasteiger partial charge is 0.383 e. The maximum Gasteiger partial charge on any atom is 0.254 e. The molecule has 1 aromatic heterocycles. The van der Waals surface area contributed by atoms with E-state index in [1.165, 1.54) is 11.3 Å². The molecule has 1 aliphatic heterocycles. The van der Waals surface area contributed by atoms with Crippen LogP contribution in [0.1, 0.15) is 43.1 Å². The minimum absolute atomic E-state index is 0.111. The SMILES string of the molecule is CNC(=O)c1ccc(NC(=O)C2c3ccccc3C(=O)N(CCOC)C2c2cccs2)cc1. The number of nitrogens with one attached hydrogen (secondary N) is 2. The minimum atomic E-state index is -0.604. The summed E-state index contributed by atoms with van der Waals surface area (Å²) in [6.45, 7) is 0.738. The highest BCUT2D eigenvalue weighted by atomic mass is 32.1. The summed E-state index contributed by atoms with van der Waals surface area (Å²) in [6, 6.07) is 17.4. The van der Waals surface area contributed by atoms with Crippen molar-refractivity contribution >= 4 is 34.7 Å². The first-order valence-corrected chi connectivity index (χ1v) is 11.5. The van der Waals surface area contributed by atoms with Gasteiger partial charge in [-0.2, -0.15) is 0 Å². The van der Waals surface area contributed by atoms with Crippen molar-refractivity contribution in [2.24, 2.45) is 0 Å². The zero-order valence-electron chi connectivity index (χ0n) is 18.4. The number of carbonyl (C=O) groups is 3. The summed E-state index contributed by atoms with van der Waals surface area (Å²) in [7, 11) is 3.16. The van der Waals surface area contributed by atoms with Gasteiger partial charge in [0.25, 0.3) is 11.8 Å². The van der Waals surface area contributed by atoms with Crippen LogP contribution in [-0.2, 0) is 9.53 Å². The molecule has 1 aliphatic rings. The molecule has 0 radical (unpaired) electrons. The lowest BCUT2D eigenvalue weighted by atomic mass is 9.81. The van der Waals surface area contributed by atoms with E-state index in [0.29, 0.717) is 35.5 Å². The van der Waals surface area contributed by atoms with Gasteiger partial charge in [0.05, 0.1) is 18.6 Å². The van der Waals surface area contributed by atoms with E-state index in [9.17, 15) is 14.4 Å². The van der Waals surface area contributed by atoms with Gasteiger partial charge in [0.2, 0.25) is 5.91 Å². The zero-order valence-corrected chi connectivity index (χ0v) is 19.2. The van der Waals surface area contributed by atoms with E-state index in [2.05, 4.69) is 10.6 Å². The maximum atomic E-state index is 13.7. The van der Waals surface area contributed by atoms with E-state index in [4.69, 9.17) is 4.74 Å². The number of methoxy groups -OCH3 is 1. The number of thiophene rings is 1. The van der Waals surface area contributed by atoms with Crippen molar-refractivity contribution in [1.82, 2.24) is 10.2 Å². The number of hydrogen-bond acceptors (Lipinski definition) is 5. The second kappa shape index (κ2) is 9.97. The molecule has 170 valence electrons. The Bertz CT molecular complexity index is 1140. The van der Waals surface area contributed by atoms with Crippen LogP contribution in [0, 0.1) is 0 Å². The molecular formula is C25H25N3O4S. The van der Waals surface area contributed by atoms with Crippen LogP contribution in [0.5, 0.6) is 0 Å². The Morgan fingerprint density at radius 3 is 2.48 bits per heavy atom. The molecule has 4 rings (SSSR count). The number of rotatable bonds is 7. The standard InChI is InChI=1S/C25H25N3O4S/c1-26-23(29)16-9-11-17(12-10-16)27-24(30)21-18-6-3-4-7-19(18)25(31)28(13-14-32-2)22(21)20-8-5-15-33-20/h3-12,15,21-22H,13-14H2,1-2H3,(H,26,29)(H,27,30). The fourth-order valence-corrected chi connectivity index (χ4v) is 5.03. The van der Waals surface area contributed by atoms with E-state index in [0.717, 1.165) is 4.88 Å². The zero-order chi connectivity index (χ0) is 23.4. The summed E-state index contributed by atoms with van der Waals surface area (Å²) in [5.74, 6) is -1.13. The first-order chi connectivity index (χ1) is 16.0. The Balaban J connectivity index is 1.72. The van der Waals surface area contributed by atoms with Gasteiger partial charge in [-0.3, -0.25) is 14.4 Å². The molecule has 2 atom stereocenters. The second-order valence-electron chi connectivity index (χ2n) is 7.66. The Hall–Kier alpha value is -3.49. The van der Waals surface area contributed by atoms with Crippen molar-refractivity contribution < 1.29 is 19.1 Å². The number of benzene rings is 2. The highest BCUT2D eigenvalue weighted by Gasteiger charge is 2.44. The molecule has 2 aromatic carbocycles. The van der Waals surface area contributed by atoms with Crippen LogP contribution in [-0.4, -0.2) is 49.9 Å². The average Bonchev–Trinajstić information content (AvgIpc) is 3.38. The predicted octanol–water partition coefficient (Wildman–Crippen LogP) is 3.67. The van der Waals surface area contributed by atoms with Gasteiger partial charge < -0.3 is 20.3 Å². The number of hydrogen-bond donors (Lipinski definition) is 2. The van der Waals surface area contributed by atoms with Crippen LogP contribution >= 0.6 is 11.3 Å².